The molecule has 0 radical (unpaired) electrons. The third kappa shape index (κ3) is 4.67. The second-order valence-corrected chi connectivity index (χ2v) is 6.77. The number of rotatable bonds is 9. The van der Waals surface area contributed by atoms with E-state index in [0.717, 1.165) is 5.56 Å². The number of nitrogens with one attached hydrogen (secondary N) is 2. The van der Waals surface area contributed by atoms with E-state index < -0.39 is 10.0 Å². The summed E-state index contributed by atoms with van der Waals surface area (Å²) in [5, 5.41) is 3.37. The normalized spacial score (nSPS) is 15.1. The van der Waals surface area contributed by atoms with Crippen molar-refractivity contribution in [3.63, 3.8) is 0 Å². The molecule has 1 aromatic rings. The maximum atomic E-state index is 12.3. The zero-order chi connectivity index (χ0) is 15.3. The molecule has 0 unspecified atom stereocenters. The first-order valence-electron chi connectivity index (χ1n) is 6.95. The predicted octanol–water partition coefficient (Wildman–Crippen LogP) is 0.872. The van der Waals surface area contributed by atoms with Crippen molar-refractivity contribution >= 4 is 10.0 Å². The molecule has 0 aromatic heterocycles. The van der Waals surface area contributed by atoms with Gasteiger partial charge < -0.3 is 14.8 Å². The van der Waals surface area contributed by atoms with E-state index in [1.54, 1.807) is 12.1 Å². The highest BCUT2D eigenvalue weighted by molar-refractivity contribution is 7.89. The molecule has 0 bridgehead atoms. The van der Waals surface area contributed by atoms with Crippen molar-refractivity contribution in [1.82, 2.24) is 10.0 Å². The van der Waals surface area contributed by atoms with Crippen LogP contribution in [-0.2, 0) is 21.3 Å². The summed E-state index contributed by atoms with van der Waals surface area (Å²) in [5.41, 5.74) is 0.926. The second-order valence-electron chi connectivity index (χ2n) is 5.03. The summed E-state index contributed by atoms with van der Waals surface area (Å²) in [7, 11) is -0.613. The summed E-state index contributed by atoms with van der Waals surface area (Å²) in [4.78, 5) is 0.163. The van der Waals surface area contributed by atoms with Gasteiger partial charge >= 0.3 is 0 Å². The van der Waals surface area contributed by atoms with Gasteiger partial charge in [-0.15, -0.1) is 0 Å². The van der Waals surface area contributed by atoms with E-state index in [0.29, 0.717) is 24.9 Å². The van der Waals surface area contributed by atoms with Crippen LogP contribution in [-0.4, -0.2) is 41.8 Å². The van der Waals surface area contributed by atoms with Crippen LogP contribution in [0.1, 0.15) is 18.4 Å². The number of hydrogen-bond acceptors (Lipinski definition) is 5. The molecule has 1 saturated carbocycles. The Labute approximate surface area is 125 Å². The minimum atomic E-state index is -3.60. The number of benzene rings is 1. The molecule has 0 aliphatic heterocycles. The Morgan fingerprint density at radius 1 is 1.29 bits per heavy atom. The molecule has 0 saturated heterocycles. The molecule has 1 aliphatic rings. The van der Waals surface area contributed by atoms with Crippen molar-refractivity contribution < 1.29 is 17.9 Å². The number of sulfonamides is 1. The maximum absolute atomic E-state index is 12.3. The van der Waals surface area contributed by atoms with Crippen LogP contribution in [0.4, 0.5) is 0 Å². The van der Waals surface area contributed by atoms with Crippen LogP contribution >= 0.6 is 0 Å². The highest BCUT2D eigenvalue weighted by Crippen LogP contribution is 2.25. The molecular formula is C14H22N2O4S. The molecule has 118 valence electrons. The third-order valence-electron chi connectivity index (χ3n) is 3.29. The molecule has 0 spiro atoms. The lowest BCUT2D eigenvalue weighted by molar-refractivity contribution is 0.204. The van der Waals surface area contributed by atoms with Crippen LogP contribution in [0, 0.1) is 0 Å². The van der Waals surface area contributed by atoms with Gasteiger partial charge in [0.05, 0.1) is 13.7 Å². The number of hydrogen-bond donors (Lipinski definition) is 2. The van der Waals surface area contributed by atoms with E-state index in [9.17, 15) is 8.42 Å². The van der Waals surface area contributed by atoms with Crippen LogP contribution in [0.2, 0.25) is 0 Å². The van der Waals surface area contributed by atoms with Crippen molar-refractivity contribution in [2.24, 2.45) is 0 Å². The van der Waals surface area contributed by atoms with Gasteiger partial charge in [-0.1, -0.05) is 6.07 Å². The van der Waals surface area contributed by atoms with Crippen LogP contribution in [0.5, 0.6) is 5.75 Å². The first-order valence-corrected chi connectivity index (χ1v) is 8.44. The van der Waals surface area contributed by atoms with Crippen molar-refractivity contribution in [1.29, 1.82) is 0 Å². The van der Waals surface area contributed by atoms with E-state index in [4.69, 9.17) is 9.47 Å². The second kappa shape index (κ2) is 7.22. The Bertz CT molecular complexity index is 570. The largest absolute Gasteiger partial charge is 0.495 e. The quantitative estimate of drug-likeness (QED) is 0.662. The monoisotopic (exact) mass is 314 g/mol. The van der Waals surface area contributed by atoms with Gasteiger partial charge in [0.2, 0.25) is 10.0 Å². The van der Waals surface area contributed by atoms with Crippen molar-refractivity contribution in [3.8, 4) is 5.75 Å². The van der Waals surface area contributed by atoms with E-state index in [-0.39, 0.29) is 11.4 Å². The zero-order valence-electron chi connectivity index (χ0n) is 12.4. The Hall–Kier alpha value is -1.15. The van der Waals surface area contributed by atoms with Crippen LogP contribution in [0.3, 0.4) is 0 Å². The lowest BCUT2D eigenvalue weighted by Crippen LogP contribution is -2.27. The van der Waals surface area contributed by atoms with Crippen molar-refractivity contribution in [2.45, 2.75) is 30.3 Å². The topological polar surface area (TPSA) is 76.7 Å². The van der Waals surface area contributed by atoms with E-state index >= 15 is 0 Å². The van der Waals surface area contributed by atoms with Crippen LogP contribution < -0.4 is 14.8 Å². The molecule has 21 heavy (non-hydrogen) atoms. The van der Waals surface area contributed by atoms with Crippen molar-refractivity contribution in [3.05, 3.63) is 23.8 Å². The van der Waals surface area contributed by atoms with E-state index in [1.165, 1.54) is 27.1 Å². The van der Waals surface area contributed by atoms with Gasteiger partial charge in [-0.2, -0.15) is 0 Å². The van der Waals surface area contributed by atoms with E-state index in [2.05, 4.69) is 10.0 Å². The summed E-state index contributed by atoms with van der Waals surface area (Å²) < 4.78 is 37.2. The lowest BCUT2D eigenvalue weighted by Gasteiger charge is -2.12. The molecule has 1 fully saturated rings. The predicted molar refractivity (Wildman–Crippen MR) is 79.9 cm³/mol. The van der Waals surface area contributed by atoms with Gasteiger partial charge in [0.1, 0.15) is 10.6 Å². The summed E-state index contributed by atoms with van der Waals surface area (Å²) >= 11 is 0. The molecule has 2 rings (SSSR count). The highest BCUT2D eigenvalue weighted by atomic mass is 32.2. The Morgan fingerprint density at radius 2 is 2.05 bits per heavy atom. The molecule has 1 aromatic carbocycles. The SMILES string of the molecule is COCCNS(=O)(=O)c1cc(CNC2CC2)ccc1OC. The average Bonchev–Trinajstić information content (AvgIpc) is 3.29. The fourth-order valence-corrected chi connectivity index (χ4v) is 3.18. The molecule has 6 nitrogen and oxygen atoms in total. The summed E-state index contributed by atoms with van der Waals surface area (Å²) in [6.45, 7) is 1.21. The smallest absolute Gasteiger partial charge is 0.244 e. The highest BCUT2D eigenvalue weighted by Gasteiger charge is 2.22. The molecule has 0 atom stereocenters. The summed E-state index contributed by atoms with van der Waals surface area (Å²) in [6.07, 6.45) is 2.39. The van der Waals surface area contributed by atoms with Gasteiger partial charge in [0.15, 0.2) is 0 Å². The number of methoxy groups -OCH3 is 2. The molecule has 1 aliphatic carbocycles. The van der Waals surface area contributed by atoms with Gasteiger partial charge in [-0.3, -0.25) is 0 Å². The van der Waals surface area contributed by atoms with E-state index in [1.807, 2.05) is 6.07 Å². The minimum absolute atomic E-state index is 0.163. The van der Waals surface area contributed by atoms with Crippen LogP contribution in [0.25, 0.3) is 0 Å². The van der Waals surface area contributed by atoms with Crippen LogP contribution in [0.15, 0.2) is 23.1 Å². The Kier molecular flexibility index (Phi) is 5.58. The first kappa shape index (κ1) is 16.2. The first-order chi connectivity index (χ1) is 10.1. The van der Waals surface area contributed by atoms with Gasteiger partial charge in [0.25, 0.3) is 0 Å². The Balaban J connectivity index is 2.15. The maximum Gasteiger partial charge on any atom is 0.244 e. The third-order valence-corrected chi connectivity index (χ3v) is 4.77. The number of ether oxygens (including phenoxy) is 2. The Morgan fingerprint density at radius 3 is 2.67 bits per heavy atom. The molecule has 7 heteroatoms. The molecule has 0 amide bonds. The lowest BCUT2D eigenvalue weighted by atomic mass is 10.2. The summed E-state index contributed by atoms with van der Waals surface area (Å²) in [6, 6.07) is 5.80. The standard InChI is InChI=1S/C14H22N2O4S/c1-19-8-7-16-21(17,18)14-9-11(3-6-13(14)20-2)10-15-12-4-5-12/h3,6,9,12,15-16H,4-5,7-8,10H2,1-2H3. The molecular weight excluding hydrogens is 292 g/mol. The van der Waals surface area contributed by atoms with Crippen molar-refractivity contribution in [2.75, 3.05) is 27.4 Å². The fourth-order valence-electron chi connectivity index (χ4n) is 1.95. The minimum Gasteiger partial charge on any atom is -0.495 e. The van der Waals surface area contributed by atoms with Gasteiger partial charge in [-0.05, 0) is 30.5 Å². The molecule has 0 heterocycles. The average molecular weight is 314 g/mol. The fraction of sp³-hybridized carbons (Fsp3) is 0.571. The zero-order valence-corrected chi connectivity index (χ0v) is 13.2. The summed E-state index contributed by atoms with van der Waals surface area (Å²) in [5.74, 6) is 0.343. The van der Waals surface area contributed by atoms with Gasteiger partial charge in [0, 0.05) is 26.2 Å². The molecule has 2 N–H and O–H groups in total. The van der Waals surface area contributed by atoms with Gasteiger partial charge in [-0.25, -0.2) is 13.1 Å².